The number of rotatable bonds is 5. The van der Waals surface area contributed by atoms with Gasteiger partial charge in [-0.3, -0.25) is 14.7 Å². The fourth-order valence-corrected chi connectivity index (χ4v) is 3.57. The second-order valence-electron chi connectivity index (χ2n) is 7.11. The summed E-state index contributed by atoms with van der Waals surface area (Å²) in [6, 6.07) is 7.92. The molecule has 2 fully saturated rings. The number of carbonyl (C=O) groups is 1. The van der Waals surface area contributed by atoms with E-state index >= 15 is 0 Å². The maximum absolute atomic E-state index is 14.9. The van der Waals surface area contributed by atoms with E-state index in [0.29, 0.717) is 26.2 Å². The summed E-state index contributed by atoms with van der Waals surface area (Å²) in [6.07, 6.45) is 0.555. The molecule has 0 spiro atoms. The lowest BCUT2D eigenvalue weighted by atomic mass is 10.2. The molecule has 3 heterocycles. The fraction of sp³-hybridized carbons (Fsp3) is 0.400. The molecule has 10 heteroatoms. The highest BCUT2D eigenvalue weighted by Gasteiger charge is 2.33. The summed E-state index contributed by atoms with van der Waals surface area (Å²) >= 11 is 0. The fourth-order valence-electron chi connectivity index (χ4n) is 3.57. The maximum Gasteiger partial charge on any atom is 0.414 e. The Balaban J connectivity index is 1.47. The molecule has 160 valence electrons. The van der Waals surface area contributed by atoms with Gasteiger partial charge < -0.3 is 15.4 Å². The second-order valence-corrected chi connectivity index (χ2v) is 7.11. The van der Waals surface area contributed by atoms with Gasteiger partial charge >= 0.3 is 6.09 Å². The molecule has 0 unspecified atom stereocenters. The Morgan fingerprint density at radius 2 is 1.97 bits per heavy atom. The second kappa shape index (κ2) is 8.90. The molecule has 2 aromatic rings. The minimum atomic E-state index is -0.743. The van der Waals surface area contributed by atoms with Crippen LogP contribution in [0.4, 0.5) is 25.0 Å². The predicted octanol–water partition coefficient (Wildman–Crippen LogP) is 1.90. The molecule has 1 aromatic carbocycles. The summed E-state index contributed by atoms with van der Waals surface area (Å²) < 4.78 is 34.8. The van der Waals surface area contributed by atoms with E-state index in [9.17, 15) is 13.6 Å². The lowest BCUT2D eigenvalue weighted by molar-refractivity contribution is -0.155. The summed E-state index contributed by atoms with van der Waals surface area (Å²) in [5.41, 5.74) is 6.34. The van der Waals surface area contributed by atoms with Crippen molar-refractivity contribution in [2.45, 2.75) is 12.6 Å². The van der Waals surface area contributed by atoms with Gasteiger partial charge in [-0.1, -0.05) is 6.07 Å². The average Bonchev–Trinajstić information content (AvgIpc) is 2.97. The number of pyridine rings is 1. The smallest absolute Gasteiger partial charge is 0.414 e. The van der Waals surface area contributed by atoms with Gasteiger partial charge in [-0.2, -0.15) is 5.06 Å². The molecule has 2 aliphatic heterocycles. The van der Waals surface area contributed by atoms with Gasteiger partial charge in [0.2, 0.25) is 0 Å². The first-order valence-corrected chi connectivity index (χ1v) is 9.75. The molecule has 0 radical (unpaired) electrons. The van der Waals surface area contributed by atoms with Crippen LogP contribution in [0.2, 0.25) is 0 Å². The van der Waals surface area contributed by atoms with Crippen LogP contribution >= 0.6 is 0 Å². The summed E-state index contributed by atoms with van der Waals surface area (Å²) in [7, 11) is 0. The first kappa shape index (κ1) is 20.5. The van der Waals surface area contributed by atoms with Gasteiger partial charge in [0.15, 0.2) is 11.6 Å². The molecule has 4 rings (SSSR count). The van der Waals surface area contributed by atoms with Crippen molar-refractivity contribution < 1.29 is 23.1 Å². The zero-order valence-electron chi connectivity index (χ0n) is 16.3. The van der Waals surface area contributed by atoms with E-state index in [0.717, 1.165) is 17.8 Å². The zero-order valence-corrected chi connectivity index (χ0v) is 16.3. The third-order valence-electron chi connectivity index (χ3n) is 5.09. The van der Waals surface area contributed by atoms with Crippen molar-refractivity contribution in [1.82, 2.24) is 10.0 Å². The quantitative estimate of drug-likeness (QED) is 0.792. The minimum absolute atomic E-state index is 0.109. The van der Waals surface area contributed by atoms with Crippen LogP contribution in [0.5, 0.6) is 0 Å². The van der Waals surface area contributed by atoms with Gasteiger partial charge in [0.1, 0.15) is 11.8 Å². The van der Waals surface area contributed by atoms with E-state index in [1.54, 1.807) is 16.2 Å². The van der Waals surface area contributed by atoms with Crippen molar-refractivity contribution in [3.05, 3.63) is 53.9 Å². The summed E-state index contributed by atoms with van der Waals surface area (Å²) in [4.78, 5) is 24.7. The molecule has 8 nitrogen and oxygen atoms in total. The van der Waals surface area contributed by atoms with Crippen LogP contribution < -0.4 is 15.5 Å². The first-order valence-electron chi connectivity index (χ1n) is 9.75. The SMILES string of the molecule is NC[C@H]1CN(c2cc(F)c(N3CCON(Cc4ccccn4)CC3)c(F)c2)C(=O)O1. The number of amides is 1. The number of cyclic esters (lactones) is 1. The van der Waals surface area contributed by atoms with E-state index in [2.05, 4.69) is 4.98 Å². The van der Waals surface area contributed by atoms with Crippen molar-refractivity contribution in [2.24, 2.45) is 5.73 Å². The van der Waals surface area contributed by atoms with Crippen LogP contribution in [0.3, 0.4) is 0 Å². The van der Waals surface area contributed by atoms with Crippen molar-refractivity contribution in [3.8, 4) is 0 Å². The normalized spacial score (nSPS) is 20.4. The molecule has 2 aliphatic rings. The molecule has 2 N–H and O–H groups in total. The Morgan fingerprint density at radius 1 is 1.17 bits per heavy atom. The first-order chi connectivity index (χ1) is 14.5. The number of halogens is 2. The van der Waals surface area contributed by atoms with Gasteiger partial charge in [-0.05, 0) is 12.1 Å². The van der Waals surface area contributed by atoms with Crippen LogP contribution in [-0.4, -0.2) is 61.6 Å². The molecule has 2 saturated heterocycles. The molecule has 0 bridgehead atoms. The predicted molar refractivity (Wildman–Crippen MR) is 106 cm³/mol. The monoisotopic (exact) mass is 419 g/mol. The number of hydroxylamine groups is 2. The number of hydrogen-bond acceptors (Lipinski definition) is 7. The van der Waals surface area contributed by atoms with Crippen molar-refractivity contribution in [2.75, 3.05) is 49.1 Å². The summed E-state index contributed by atoms with van der Waals surface area (Å²) in [5.74, 6) is -1.49. The highest BCUT2D eigenvalue weighted by atomic mass is 19.1. The zero-order chi connectivity index (χ0) is 21.1. The van der Waals surface area contributed by atoms with Crippen molar-refractivity contribution >= 4 is 17.5 Å². The number of hydrogen-bond donors (Lipinski definition) is 1. The van der Waals surface area contributed by atoms with Gasteiger partial charge in [-0.25, -0.2) is 13.6 Å². The van der Waals surface area contributed by atoms with Crippen LogP contribution in [-0.2, 0) is 16.1 Å². The number of nitrogens with zero attached hydrogens (tertiary/aromatic N) is 4. The van der Waals surface area contributed by atoms with Gasteiger partial charge in [-0.15, -0.1) is 0 Å². The van der Waals surface area contributed by atoms with Crippen LogP contribution in [0, 0.1) is 11.6 Å². The number of nitrogens with two attached hydrogens (primary N) is 1. The molecule has 30 heavy (non-hydrogen) atoms. The van der Waals surface area contributed by atoms with Crippen molar-refractivity contribution in [3.63, 3.8) is 0 Å². The lowest BCUT2D eigenvalue weighted by Crippen LogP contribution is -2.32. The van der Waals surface area contributed by atoms with Crippen LogP contribution in [0.25, 0.3) is 0 Å². The number of anilines is 2. The van der Waals surface area contributed by atoms with Crippen LogP contribution in [0.15, 0.2) is 36.5 Å². The van der Waals surface area contributed by atoms with E-state index in [4.69, 9.17) is 15.3 Å². The average molecular weight is 419 g/mol. The largest absolute Gasteiger partial charge is 0.443 e. The summed E-state index contributed by atoms with van der Waals surface area (Å²) in [6.45, 7) is 2.23. The summed E-state index contributed by atoms with van der Waals surface area (Å²) in [5, 5.41) is 1.74. The van der Waals surface area contributed by atoms with Gasteiger partial charge in [0.25, 0.3) is 0 Å². The van der Waals surface area contributed by atoms with E-state index in [1.165, 1.54) is 4.90 Å². The number of ether oxygens (including phenoxy) is 1. The standard InChI is InChI=1S/C20H23F2N5O3/c21-17-9-15(27-13-16(11-23)30-20(27)28)10-18(22)19(17)25-5-6-26(29-8-7-25)12-14-3-1-2-4-24-14/h1-4,9-10,16H,5-8,11-13,23H2/t16-/m0/s1. The molecule has 1 amide bonds. The molecule has 0 saturated carbocycles. The Labute approximate surface area is 172 Å². The van der Waals surface area contributed by atoms with Gasteiger partial charge in [0.05, 0.1) is 31.1 Å². The Kier molecular flexibility index (Phi) is 6.07. The number of benzene rings is 1. The third kappa shape index (κ3) is 4.35. The molecule has 1 atom stereocenters. The number of carbonyl (C=O) groups excluding carboxylic acids is 1. The molecule has 1 aromatic heterocycles. The van der Waals surface area contributed by atoms with E-state index in [-0.39, 0.29) is 31.1 Å². The Morgan fingerprint density at radius 3 is 2.63 bits per heavy atom. The topological polar surface area (TPSA) is 84.2 Å². The Hall–Kier alpha value is -2.82. The Bertz CT molecular complexity index is 878. The highest BCUT2D eigenvalue weighted by Crippen LogP contribution is 2.31. The van der Waals surface area contributed by atoms with E-state index in [1.807, 2.05) is 18.2 Å². The third-order valence-corrected chi connectivity index (χ3v) is 5.09. The number of aromatic nitrogens is 1. The minimum Gasteiger partial charge on any atom is -0.443 e. The molecule has 0 aliphatic carbocycles. The highest BCUT2D eigenvalue weighted by molar-refractivity contribution is 5.90. The lowest BCUT2D eigenvalue weighted by Gasteiger charge is -2.24. The van der Waals surface area contributed by atoms with Crippen molar-refractivity contribution in [1.29, 1.82) is 0 Å². The van der Waals surface area contributed by atoms with Gasteiger partial charge in [0, 0.05) is 44.5 Å². The molecular formula is C20H23F2N5O3. The maximum atomic E-state index is 14.9. The van der Waals surface area contributed by atoms with E-state index < -0.39 is 23.8 Å². The van der Waals surface area contributed by atoms with Crippen LogP contribution in [0.1, 0.15) is 5.69 Å². The molecular weight excluding hydrogens is 396 g/mol.